The second-order valence-electron chi connectivity index (χ2n) is 5.67. The van der Waals surface area contributed by atoms with E-state index in [0.29, 0.717) is 11.5 Å². The minimum absolute atomic E-state index is 0.0870. The summed E-state index contributed by atoms with van der Waals surface area (Å²) in [7, 11) is 3.83. The Balaban J connectivity index is 1.96. The van der Waals surface area contributed by atoms with E-state index in [9.17, 15) is 9.90 Å². The minimum atomic E-state index is -0.188. The van der Waals surface area contributed by atoms with Gasteiger partial charge in [-0.3, -0.25) is 4.79 Å². The van der Waals surface area contributed by atoms with Crippen LogP contribution < -0.4 is 10.2 Å². The number of aliphatic hydroxyl groups excluding tert-OH is 1. The molecule has 0 aliphatic heterocycles. The maximum absolute atomic E-state index is 12.2. The van der Waals surface area contributed by atoms with E-state index in [1.165, 1.54) is 0 Å². The van der Waals surface area contributed by atoms with Crippen LogP contribution >= 0.6 is 0 Å². The molecule has 0 bridgehead atoms. The summed E-state index contributed by atoms with van der Waals surface area (Å²) in [4.78, 5) is 18.3. The van der Waals surface area contributed by atoms with Gasteiger partial charge >= 0.3 is 0 Å². The molecule has 5 heteroatoms. The first kappa shape index (κ1) is 14.8. The van der Waals surface area contributed by atoms with Crippen molar-refractivity contribution in [1.29, 1.82) is 0 Å². The number of hydrogen-bond acceptors (Lipinski definition) is 4. The van der Waals surface area contributed by atoms with Crippen molar-refractivity contribution in [3.63, 3.8) is 0 Å². The third kappa shape index (κ3) is 3.28. The van der Waals surface area contributed by atoms with Gasteiger partial charge in [-0.2, -0.15) is 0 Å². The molecule has 1 saturated carbocycles. The summed E-state index contributed by atoms with van der Waals surface area (Å²) in [5, 5.41) is 12.4. The standard InChI is InChI=1S/C15H23N3O2/c1-4-13(11-7-12(19)8-11)17-15(20)10-5-6-14(16-9-10)18(2)3/h5-6,9,11-13,19H,4,7-8H2,1-3H3,(H,17,20). The SMILES string of the molecule is CCC(NC(=O)c1ccc(N(C)C)nc1)C1CC(O)C1. The van der Waals surface area contributed by atoms with E-state index in [1.54, 1.807) is 12.3 Å². The molecule has 0 aromatic carbocycles. The largest absolute Gasteiger partial charge is 0.393 e. The van der Waals surface area contributed by atoms with Crippen molar-refractivity contribution in [3.8, 4) is 0 Å². The zero-order chi connectivity index (χ0) is 14.7. The summed E-state index contributed by atoms with van der Waals surface area (Å²) in [5.41, 5.74) is 0.578. The Morgan fingerprint density at radius 3 is 2.65 bits per heavy atom. The zero-order valence-electron chi connectivity index (χ0n) is 12.3. The molecule has 1 aromatic rings. The van der Waals surface area contributed by atoms with Gasteiger partial charge in [0.1, 0.15) is 5.82 Å². The van der Waals surface area contributed by atoms with Gasteiger partial charge in [-0.15, -0.1) is 0 Å². The summed E-state index contributed by atoms with van der Waals surface area (Å²) in [5.74, 6) is 1.14. The molecule has 110 valence electrons. The van der Waals surface area contributed by atoms with Crippen LogP contribution in [-0.2, 0) is 0 Å². The lowest BCUT2D eigenvalue weighted by atomic mass is 9.76. The monoisotopic (exact) mass is 277 g/mol. The van der Waals surface area contributed by atoms with Crippen LogP contribution in [0.4, 0.5) is 5.82 Å². The maximum atomic E-state index is 12.2. The third-order valence-corrected chi connectivity index (χ3v) is 3.94. The topological polar surface area (TPSA) is 65.5 Å². The molecule has 1 atom stereocenters. The van der Waals surface area contributed by atoms with Crippen molar-refractivity contribution in [2.75, 3.05) is 19.0 Å². The van der Waals surface area contributed by atoms with Crippen molar-refractivity contribution < 1.29 is 9.90 Å². The van der Waals surface area contributed by atoms with Gasteiger partial charge in [0.25, 0.3) is 5.91 Å². The number of carbonyl (C=O) groups is 1. The molecule has 1 aromatic heterocycles. The Kier molecular flexibility index (Phi) is 4.60. The molecule has 1 fully saturated rings. The second-order valence-corrected chi connectivity index (χ2v) is 5.67. The number of rotatable bonds is 5. The molecule has 0 spiro atoms. The molecule has 0 radical (unpaired) electrons. The second kappa shape index (κ2) is 6.22. The lowest BCUT2D eigenvalue weighted by Crippen LogP contribution is -2.46. The van der Waals surface area contributed by atoms with Crippen molar-refractivity contribution in [1.82, 2.24) is 10.3 Å². The fraction of sp³-hybridized carbons (Fsp3) is 0.600. The number of anilines is 1. The minimum Gasteiger partial charge on any atom is -0.393 e. The molecule has 1 aliphatic rings. The van der Waals surface area contributed by atoms with Crippen LogP contribution in [0.1, 0.15) is 36.5 Å². The van der Waals surface area contributed by atoms with E-state index in [2.05, 4.69) is 17.2 Å². The van der Waals surface area contributed by atoms with Crippen molar-refractivity contribution >= 4 is 11.7 Å². The van der Waals surface area contributed by atoms with Gasteiger partial charge in [0.2, 0.25) is 0 Å². The van der Waals surface area contributed by atoms with E-state index in [-0.39, 0.29) is 18.1 Å². The van der Waals surface area contributed by atoms with E-state index in [0.717, 1.165) is 25.1 Å². The first-order valence-corrected chi connectivity index (χ1v) is 7.13. The molecular formula is C15H23N3O2. The fourth-order valence-corrected chi connectivity index (χ4v) is 2.55. The molecule has 20 heavy (non-hydrogen) atoms. The van der Waals surface area contributed by atoms with E-state index >= 15 is 0 Å². The summed E-state index contributed by atoms with van der Waals surface area (Å²) in [6, 6.07) is 3.77. The van der Waals surface area contributed by atoms with Gasteiger partial charge in [-0.25, -0.2) is 4.98 Å². The molecule has 0 saturated heterocycles. The van der Waals surface area contributed by atoms with Gasteiger partial charge < -0.3 is 15.3 Å². The Morgan fingerprint density at radius 1 is 1.50 bits per heavy atom. The molecule has 1 heterocycles. The number of aromatic nitrogens is 1. The highest BCUT2D eigenvalue weighted by atomic mass is 16.3. The average Bonchev–Trinajstić information content (AvgIpc) is 2.41. The van der Waals surface area contributed by atoms with E-state index in [4.69, 9.17) is 0 Å². The molecule has 1 unspecified atom stereocenters. The molecular weight excluding hydrogens is 254 g/mol. The van der Waals surface area contributed by atoms with Crippen LogP contribution in [0.15, 0.2) is 18.3 Å². The Morgan fingerprint density at radius 2 is 2.20 bits per heavy atom. The predicted molar refractivity (Wildman–Crippen MR) is 78.8 cm³/mol. The van der Waals surface area contributed by atoms with E-state index in [1.807, 2.05) is 25.1 Å². The number of nitrogens with zero attached hydrogens (tertiary/aromatic N) is 2. The number of amides is 1. The first-order valence-electron chi connectivity index (χ1n) is 7.13. The summed E-state index contributed by atoms with van der Waals surface area (Å²) in [6.45, 7) is 2.06. The third-order valence-electron chi connectivity index (χ3n) is 3.94. The first-order chi connectivity index (χ1) is 9.51. The van der Waals surface area contributed by atoms with Crippen LogP contribution in [0.2, 0.25) is 0 Å². The fourth-order valence-electron chi connectivity index (χ4n) is 2.55. The van der Waals surface area contributed by atoms with Gasteiger partial charge in [0.15, 0.2) is 0 Å². The molecule has 1 amide bonds. The normalized spacial score (nSPS) is 22.8. The lowest BCUT2D eigenvalue weighted by molar-refractivity contribution is 0.0232. The quantitative estimate of drug-likeness (QED) is 0.854. The van der Waals surface area contributed by atoms with Crippen LogP contribution in [0, 0.1) is 5.92 Å². The number of aliphatic hydroxyl groups is 1. The van der Waals surface area contributed by atoms with Crippen LogP contribution in [-0.4, -0.2) is 42.2 Å². The summed E-state index contributed by atoms with van der Waals surface area (Å²) < 4.78 is 0. The Bertz CT molecular complexity index is 453. The predicted octanol–water partition coefficient (Wildman–Crippen LogP) is 1.43. The van der Waals surface area contributed by atoms with Gasteiger partial charge in [0, 0.05) is 26.3 Å². The van der Waals surface area contributed by atoms with E-state index < -0.39 is 0 Å². The van der Waals surface area contributed by atoms with Crippen molar-refractivity contribution in [3.05, 3.63) is 23.9 Å². The lowest BCUT2D eigenvalue weighted by Gasteiger charge is -2.37. The number of nitrogens with one attached hydrogen (secondary N) is 1. The number of pyridine rings is 1. The molecule has 1 aliphatic carbocycles. The highest BCUT2D eigenvalue weighted by Gasteiger charge is 2.33. The van der Waals surface area contributed by atoms with Gasteiger partial charge in [0.05, 0.1) is 11.7 Å². The number of hydrogen-bond donors (Lipinski definition) is 2. The van der Waals surface area contributed by atoms with Crippen LogP contribution in [0.3, 0.4) is 0 Å². The Labute approximate surface area is 120 Å². The highest BCUT2D eigenvalue weighted by molar-refractivity contribution is 5.94. The smallest absolute Gasteiger partial charge is 0.253 e. The molecule has 5 nitrogen and oxygen atoms in total. The molecule has 2 N–H and O–H groups in total. The van der Waals surface area contributed by atoms with Crippen LogP contribution in [0.25, 0.3) is 0 Å². The van der Waals surface area contributed by atoms with Crippen molar-refractivity contribution in [2.24, 2.45) is 5.92 Å². The Hall–Kier alpha value is -1.62. The van der Waals surface area contributed by atoms with Crippen molar-refractivity contribution in [2.45, 2.75) is 38.3 Å². The van der Waals surface area contributed by atoms with Crippen LogP contribution in [0.5, 0.6) is 0 Å². The van der Waals surface area contributed by atoms with Gasteiger partial charge in [-0.05, 0) is 37.3 Å². The molecule has 2 rings (SSSR count). The highest BCUT2D eigenvalue weighted by Crippen LogP contribution is 2.31. The zero-order valence-corrected chi connectivity index (χ0v) is 12.3. The maximum Gasteiger partial charge on any atom is 0.253 e. The van der Waals surface area contributed by atoms with Gasteiger partial charge in [-0.1, -0.05) is 6.92 Å². The summed E-state index contributed by atoms with van der Waals surface area (Å²) >= 11 is 0. The average molecular weight is 277 g/mol. The number of carbonyl (C=O) groups excluding carboxylic acids is 1. The summed E-state index contributed by atoms with van der Waals surface area (Å²) in [6.07, 6.45) is 3.87.